The number of nitrogens with one attached hydrogen (secondary N) is 2. The van der Waals surface area contributed by atoms with Crippen molar-refractivity contribution >= 4 is 23.9 Å². The van der Waals surface area contributed by atoms with Gasteiger partial charge in [0.15, 0.2) is 0 Å². The molecule has 0 saturated carbocycles. The number of phenolic OH excluding ortho intramolecular Hbond substituents is 1. The lowest BCUT2D eigenvalue weighted by Gasteiger charge is -2.36. The molecule has 0 aliphatic rings. The van der Waals surface area contributed by atoms with Gasteiger partial charge in [0, 0.05) is 24.9 Å². The Morgan fingerprint density at radius 1 is 0.755 bits per heavy atom. The van der Waals surface area contributed by atoms with Crippen LogP contribution in [0, 0.1) is 12.3 Å². The first-order valence-electron chi connectivity index (χ1n) is 18.2. The quantitative estimate of drug-likeness (QED) is 0.0821. The minimum Gasteiger partial charge on any atom is -0.508 e. The molecule has 3 rings (SSSR count). The summed E-state index contributed by atoms with van der Waals surface area (Å²) in [6.45, 7) is 12.6. The number of phenols is 1. The highest BCUT2D eigenvalue weighted by Gasteiger charge is 2.39. The Labute approximate surface area is 314 Å². The minimum atomic E-state index is -1.29. The van der Waals surface area contributed by atoms with E-state index in [0.717, 1.165) is 24.8 Å². The third-order valence-corrected chi connectivity index (χ3v) is 8.16. The molecule has 0 heterocycles. The number of benzene rings is 3. The molecule has 10 nitrogen and oxygen atoms in total. The summed E-state index contributed by atoms with van der Waals surface area (Å²) in [6.07, 6.45) is 8.52. The van der Waals surface area contributed by atoms with Gasteiger partial charge in [0.2, 0.25) is 11.8 Å². The van der Waals surface area contributed by atoms with Crippen molar-refractivity contribution in [2.75, 3.05) is 6.54 Å². The number of amides is 3. The van der Waals surface area contributed by atoms with Crippen LogP contribution in [0.2, 0.25) is 0 Å². The summed E-state index contributed by atoms with van der Waals surface area (Å²) < 4.78 is 11.3. The molecule has 3 N–H and O–H groups in total. The molecule has 10 heteroatoms. The lowest BCUT2D eigenvalue weighted by molar-refractivity contribution is -0.159. The second-order valence-corrected chi connectivity index (χ2v) is 15.1. The normalized spacial score (nSPS) is 13.1. The number of hydrogen-bond donors (Lipinski definition) is 3. The van der Waals surface area contributed by atoms with Crippen LogP contribution >= 0.6 is 0 Å². The lowest BCUT2D eigenvalue weighted by Crippen LogP contribution is -2.55. The van der Waals surface area contributed by atoms with Crippen LogP contribution in [0.15, 0.2) is 78.9 Å². The van der Waals surface area contributed by atoms with E-state index in [0.29, 0.717) is 23.1 Å². The van der Waals surface area contributed by atoms with Crippen LogP contribution < -0.4 is 10.6 Å². The van der Waals surface area contributed by atoms with Gasteiger partial charge in [-0.15, -0.1) is 6.42 Å². The molecule has 0 aliphatic carbocycles. The van der Waals surface area contributed by atoms with E-state index in [1.165, 1.54) is 17.0 Å². The van der Waals surface area contributed by atoms with E-state index >= 15 is 0 Å². The maximum absolute atomic E-state index is 15.0. The van der Waals surface area contributed by atoms with Crippen molar-refractivity contribution < 1.29 is 33.8 Å². The van der Waals surface area contributed by atoms with E-state index in [-0.39, 0.29) is 25.1 Å². The number of carbonyl (C=O) groups is 4. The molecular formula is C43H55N3O7. The molecule has 3 unspecified atom stereocenters. The van der Waals surface area contributed by atoms with Crippen LogP contribution in [0.3, 0.4) is 0 Å². The molecule has 3 aromatic rings. The van der Waals surface area contributed by atoms with Crippen molar-refractivity contribution in [2.24, 2.45) is 0 Å². The van der Waals surface area contributed by atoms with Crippen LogP contribution in [-0.2, 0) is 36.7 Å². The first-order valence-corrected chi connectivity index (χ1v) is 18.2. The topological polar surface area (TPSA) is 134 Å². The van der Waals surface area contributed by atoms with E-state index in [2.05, 4.69) is 23.5 Å². The number of ether oxygens (including phenoxy) is 2. The molecule has 0 aliphatic heterocycles. The Hall–Kier alpha value is -5.30. The van der Waals surface area contributed by atoms with E-state index in [1.54, 1.807) is 77.9 Å². The van der Waals surface area contributed by atoms with Crippen molar-refractivity contribution in [1.29, 1.82) is 0 Å². The fourth-order valence-electron chi connectivity index (χ4n) is 5.78. The van der Waals surface area contributed by atoms with Crippen LogP contribution in [0.25, 0.3) is 0 Å². The Balaban J connectivity index is 2.17. The third-order valence-electron chi connectivity index (χ3n) is 8.16. The number of alkyl carbamates (subject to hydrolysis) is 1. The molecule has 0 radical (unpaired) electrons. The molecule has 53 heavy (non-hydrogen) atoms. The standard InChI is InChI=1S/C43H55N3O7/c1-9-11-12-18-27-46(39(49)35(45-41(51)53-43(6,7)8)28-31-23-25-33(47)26-24-31)37(34-22-17-16-21-32(34)10-2)38(48)44-36(40(50)52-42(3,4)5)29-30-19-14-13-15-20-30/h2,13-17,19-26,35-37,47H,9,11-12,18,27-29H2,1,3-8H3,(H,44,48)(H,45,51). The summed E-state index contributed by atoms with van der Waals surface area (Å²) in [7, 11) is 0. The smallest absolute Gasteiger partial charge is 0.408 e. The minimum absolute atomic E-state index is 0.0312. The molecule has 0 aromatic heterocycles. The Kier molecular flexibility index (Phi) is 15.5. The fraction of sp³-hybridized carbons (Fsp3) is 0.442. The predicted octanol–water partition coefficient (Wildman–Crippen LogP) is 7.03. The van der Waals surface area contributed by atoms with Crippen molar-refractivity contribution in [1.82, 2.24) is 15.5 Å². The Morgan fingerprint density at radius 3 is 1.94 bits per heavy atom. The van der Waals surface area contributed by atoms with Crippen molar-refractivity contribution in [3.8, 4) is 18.1 Å². The molecule has 0 saturated heterocycles. The van der Waals surface area contributed by atoms with Crippen LogP contribution in [0.1, 0.15) is 102 Å². The number of hydrogen-bond acceptors (Lipinski definition) is 7. The summed E-state index contributed by atoms with van der Waals surface area (Å²) >= 11 is 0. The molecule has 0 spiro atoms. The number of rotatable bonds is 16. The predicted molar refractivity (Wildman–Crippen MR) is 206 cm³/mol. The summed E-state index contributed by atoms with van der Waals surface area (Å²) in [6, 6.07) is 18.9. The molecule has 3 amide bonds. The highest BCUT2D eigenvalue weighted by molar-refractivity contribution is 5.94. The van der Waals surface area contributed by atoms with Gasteiger partial charge in [-0.05, 0) is 82.9 Å². The second-order valence-electron chi connectivity index (χ2n) is 15.1. The van der Waals surface area contributed by atoms with Gasteiger partial charge in [-0.3, -0.25) is 9.59 Å². The number of aromatic hydroxyl groups is 1. The Bertz CT molecular complexity index is 1700. The van der Waals surface area contributed by atoms with Crippen LogP contribution in [0.4, 0.5) is 4.79 Å². The van der Waals surface area contributed by atoms with Gasteiger partial charge in [-0.1, -0.05) is 92.8 Å². The lowest BCUT2D eigenvalue weighted by atomic mass is 9.95. The van der Waals surface area contributed by atoms with Crippen LogP contribution in [0.5, 0.6) is 5.75 Å². The zero-order chi connectivity index (χ0) is 39.2. The number of nitrogens with zero attached hydrogens (tertiary/aromatic N) is 1. The van der Waals surface area contributed by atoms with E-state index in [9.17, 15) is 24.3 Å². The summed E-state index contributed by atoms with van der Waals surface area (Å²) in [5, 5.41) is 15.6. The largest absolute Gasteiger partial charge is 0.508 e. The maximum Gasteiger partial charge on any atom is 0.408 e. The van der Waals surface area contributed by atoms with Gasteiger partial charge >= 0.3 is 12.1 Å². The van der Waals surface area contributed by atoms with E-state index < -0.39 is 53.2 Å². The summed E-state index contributed by atoms with van der Waals surface area (Å²) in [5.74, 6) is 0.890. The van der Waals surface area contributed by atoms with Gasteiger partial charge in [0.25, 0.3) is 0 Å². The van der Waals surface area contributed by atoms with E-state index in [4.69, 9.17) is 15.9 Å². The van der Waals surface area contributed by atoms with E-state index in [1.807, 2.05) is 30.3 Å². The van der Waals surface area contributed by atoms with Gasteiger partial charge in [-0.25, -0.2) is 9.59 Å². The van der Waals surface area contributed by atoms with Gasteiger partial charge in [-0.2, -0.15) is 0 Å². The molecule has 284 valence electrons. The monoisotopic (exact) mass is 725 g/mol. The van der Waals surface area contributed by atoms with Gasteiger partial charge in [0.05, 0.1) is 0 Å². The third kappa shape index (κ3) is 14.0. The first kappa shape index (κ1) is 42.1. The molecular weight excluding hydrogens is 670 g/mol. The average molecular weight is 726 g/mol. The fourth-order valence-corrected chi connectivity index (χ4v) is 5.78. The maximum atomic E-state index is 15.0. The highest BCUT2D eigenvalue weighted by atomic mass is 16.6. The zero-order valence-corrected chi connectivity index (χ0v) is 32.1. The van der Waals surface area contributed by atoms with Gasteiger partial charge in [0.1, 0.15) is 35.1 Å². The number of terminal acetylenes is 1. The summed E-state index contributed by atoms with van der Waals surface area (Å²) in [5.41, 5.74) is 0.557. The average Bonchev–Trinajstić information content (AvgIpc) is 3.08. The van der Waals surface area contributed by atoms with Crippen molar-refractivity contribution in [2.45, 2.75) is 116 Å². The molecule has 0 fully saturated rings. The summed E-state index contributed by atoms with van der Waals surface area (Å²) in [4.78, 5) is 58.1. The highest BCUT2D eigenvalue weighted by Crippen LogP contribution is 2.28. The second kappa shape index (κ2) is 19.5. The first-order chi connectivity index (χ1) is 25.0. The molecule has 0 bridgehead atoms. The number of esters is 1. The van der Waals surface area contributed by atoms with Gasteiger partial charge < -0.3 is 30.1 Å². The van der Waals surface area contributed by atoms with Crippen molar-refractivity contribution in [3.63, 3.8) is 0 Å². The number of unbranched alkanes of at least 4 members (excludes halogenated alkanes) is 3. The molecule has 3 atom stereocenters. The Morgan fingerprint density at radius 2 is 1.34 bits per heavy atom. The molecule has 3 aromatic carbocycles. The SMILES string of the molecule is C#Cc1ccccc1C(C(=O)NC(Cc1ccccc1)C(=O)OC(C)(C)C)N(CCCCCC)C(=O)C(Cc1ccc(O)cc1)NC(=O)OC(C)(C)C. The van der Waals surface area contributed by atoms with Crippen molar-refractivity contribution in [3.05, 3.63) is 101 Å². The zero-order valence-electron chi connectivity index (χ0n) is 32.1. The number of carbonyl (C=O) groups excluding carboxylic acids is 4. The van der Waals surface area contributed by atoms with Crippen LogP contribution in [-0.4, -0.2) is 63.7 Å².